The van der Waals surface area contributed by atoms with E-state index in [1.54, 1.807) is 0 Å². The summed E-state index contributed by atoms with van der Waals surface area (Å²) in [4.78, 5) is 2.26. The summed E-state index contributed by atoms with van der Waals surface area (Å²) in [5.41, 5.74) is 0.962. The fourth-order valence-electron chi connectivity index (χ4n) is 3.15. The van der Waals surface area contributed by atoms with Gasteiger partial charge in [-0.3, -0.25) is 0 Å². The van der Waals surface area contributed by atoms with Crippen molar-refractivity contribution in [2.24, 2.45) is 5.92 Å². The minimum atomic E-state index is -0.426. The highest BCUT2D eigenvalue weighted by atomic mass is 16.5. The largest absolute Gasteiger partial charge is 0.491 e. The van der Waals surface area contributed by atoms with Gasteiger partial charge in [0, 0.05) is 13.1 Å². The number of aliphatic hydroxyl groups excluding tert-OH is 1. The lowest BCUT2D eigenvalue weighted by molar-refractivity contribution is 0.118. The molecule has 0 heterocycles. The zero-order chi connectivity index (χ0) is 15.2. The molecule has 1 aromatic carbocycles. The summed E-state index contributed by atoms with van der Waals surface area (Å²) >= 11 is 0. The van der Waals surface area contributed by atoms with Crippen LogP contribution in [0.2, 0.25) is 0 Å². The quantitative estimate of drug-likeness (QED) is 0.832. The van der Waals surface area contributed by atoms with E-state index in [0.29, 0.717) is 6.54 Å². The van der Waals surface area contributed by atoms with Crippen LogP contribution in [0.4, 0.5) is 0 Å². The summed E-state index contributed by atoms with van der Waals surface area (Å²) in [6.07, 6.45) is 5.20. The molecular formula is C18H29NO2. The fraction of sp³-hybridized carbons (Fsp3) is 0.667. The minimum absolute atomic E-state index is 0.179. The van der Waals surface area contributed by atoms with Crippen molar-refractivity contribution in [3.63, 3.8) is 0 Å². The number of nitrogens with zero attached hydrogens (tertiary/aromatic N) is 1. The number of ether oxygens (including phenoxy) is 1. The van der Waals surface area contributed by atoms with E-state index in [1.165, 1.54) is 25.7 Å². The maximum absolute atomic E-state index is 10.4. The van der Waals surface area contributed by atoms with Crippen molar-refractivity contribution in [2.45, 2.75) is 51.7 Å². The second kappa shape index (κ2) is 7.81. The highest BCUT2D eigenvalue weighted by Gasteiger charge is 2.18. The van der Waals surface area contributed by atoms with Gasteiger partial charge in [0.1, 0.15) is 5.75 Å². The van der Waals surface area contributed by atoms with Crippen molar-refractivity contribution in [1.82, 2.24) is 4.90 Å². The summed E-state index contributed by atoms with van der Waals surface area (Å²) in [6.45, 7) is 5.83. The predicted octanol–water partition coefficient (Wildman–Crippen LogP) is 3.63. The van der Waals surface area contributed by atoms with Crippen LogP contribution in [0.15, 0.2) is 24.3 Å². The first-order chi connectivity index (χ1) is 10.0. The van der Waals surface area contributed by atoms with Crippen LogP contribution in [0.3, 0.4) is 0 Å². The number of aliphatic hydroxyl groups is 1. The monoisotopic (exact) mass is 291 g/mol. The van der Waals surface area contributed by atoms with E-state index in [1.807, 2.05) is 38.1 Å². The molecule has 1 N–H and O–H groups in total. The Morgan fingerprint density at radius 2 is 1.81 bits per heavy atom. The van der Waals surface area contributed by atoms with Gasteiger partial charge in [-0.25, -0.2) is 0 Å². The molecule has 0 aromatic heterocycles. The SMILES string of the molecule is CC(C)Oc1ccc(C(O)CN(C)CC2CCCC2)cc1. The molecule has 1 fully saturated rings. The summed E-state index contributed by atoms with van der Waals surface area (Å²) in [5, 5.41) is 10.4. The summed E-state index contributed by atoms with van der Waals surface area (Å²) in [7, 11) is 2.11. The van der Waals surface area contributed by atoms with Gasteiger partial charge in [-0.05, 0) is 57.4 Å². The first-order valence-electron chi connectivity index (χ1n) is 8.18. The third kappa shape index (κ3) is 5.33. The number of likely N-dealkylation sites (N-methyl/N-ethyl adjacent to an activating group) is 1. The molecule has 0 radical (unpaired) electrons. The molecule has 3 nitrogen and oxygen atoms in total. The first kappa shape index (κ1) is 16.3. The maximum atomic E-state index is 10.4. The van der Waals surface area contributed by atoms with E-state index in [9.17, 15) is 5.11 Å². The summed E-state index contributed by atoms with van der Waals surface area (Å²) in [6, 6.07) is 7.81. The Kier molecular flexibility index (Phi) is 6.07. The number of benzene rings is 1. The van der Waals surface area contributed by atoms with E-state index in [0.717, 1.165) is 23.8 Å². The normalized spacial score (nSPS) is 17.6. The van der Waals surface area contributed by atoms with Gasteiger partial charge in [-0.1, -0.05) is 25.0 Å². The lowest BCUT2D eigenvalue weighted by Gasteiger charge is -2.23. The van der Waals surface area contributed by atoms with Gasteiger partial charge in [0.15, 0.2) is 0 Å². The third-order valence-electron chi connectivity index (χ3n) is 4.17. The molecule has 1 unspecified atom stereocenters. The fourth-order valence-corrected chi connectivity index (χ4v) is 3.15. The zero-order valence-electron chi connectivity index (χ0n) is 13.6. The first-order valence-corrected chi connectivity index (χ1v) is 8.18. The van der Waals surface area contributed by atoms with Crippen molar-refractivity contribution in [3.05, 3.63) is 29.8 Å². The Morgan fingerprint density at radius 1 is 1.19 bits per heavy atom. The Morgan fingerprint density at radius 3 is 2.38 bits per heavy atom. The van der Waals surface area contributed by atoms with Crippen LogP contribution >= 0.6 is 0 Å². The van der Waals surface area contributed by atoms with E-state index in [2.05, 4.69) is 11.9 Å². The molecule has 0 aliphatic heterocycles. The number of hydrogen-bond donors (Lipinski definition) is 1. The molecule has 3 heteroatoms. The molecule has 0 spiro atoms. The molecule has 1 saturated carbocycles. The second-order valence-corrected chi connectivity index (χ2v) is 6.62. The van der Waals surface area contributed by atoms with Gasteiger partial charge in [-0.15, -0.1) is 0 Å². The number of hydrogen-bond acceptors (Lipinski definition) is 3. The van der Waals surface area contributed by atoms with Crippen LogP contribution in [0.25, 0.3) is 0 Å². The van der Waals surface area contributed by atoms with Crippen molar-refractivity contribution in [1.29, 1.82) is 0 Å². The molecule has 0 saturated heterocycles. The Balaban J connectivity index is 1.82. The van der Waals surface area contributed by atoms with Crippen molar-refractivity contribution in [3.8, 4) is 5.75 Å². The van der Waals surface area contributed by atoms with Gasteiger partial charge in [0.05, 0.1) is 12.2 Å². The molecule has 2 rings (SSSR count). The third-order valence-corrected chi connectivity index (χ3v) is 4.17. The average molecular weight is 291 g/mol. The van der Waals surface area contributed by atoms with Crippen LogP contribution in [0, 0.1) is 5.92 Å². The highest BCUT2D eigenvalue weighted by molar-refractivity contribution is 5.28. The van der Waals surface area contributed by atoms with E-state index in [-0.39, 0.29) is 6.10 Å². The lowest BCUT2D eigenvalue weighted by Crippen LogP contribution is -2.29. The van der Waals surface area contributed by atoms with Crippen LogP contribution in [0.1, 0.15) is 51.2 Å². The van der Waals surface area contributed by atoms with E-state index >= 15 is 0 Å². The lowest BCUT2D eigenvalue weighted by atomic mass is 10.1. The van der Waals surface area contributed by atoms with Crippen LogP contribution in [-0.2, 0) is 0 Å². The smallest absolute Gasteiger partial charge is 0.119 e. The van der Waals surface area contributed by atoms with Gasteiger partial charge in [0.25, 0.3) is 0 Å². The van der Waals surface area contributed by atoms with Gasteiger partial charge < -0.3 is 14.7 Å². The standard InChI is InChI=1S/C18H29NO2/c1-14(2)21-17-10-8-16(9-11-17)18(20)13-19(3)12-15-6-4-5-7-15/h8-11,14-15,18,20H,4-7,12-13H2,1-3H3. The second-order valence-electron chi connectivity index (χ2n) is 6.62. The van der Waals surface area contributed by atoms with Crippen molar-refractivity contribution in [2.75, 3.05) is 20.1 Å². The van der Waals surface area contributed by atoms with Crippen LogP contribution < -0.4 is 4.74 Å². The Bertz CT molecular complexity index is 410. The molecule has 21 heavy (non-hydrogen) atoms. The zero-order valence-corrected chi connectivity index (χ0v) is 13.6. The Hall–Kier alpha value is -1.06. The molecule has 1 atom stereocenters. The molecular weight excluding hydrogens is 262 g/mol. The highest BCUT2D eigenvalue weighted by Crippen LogP contribution is 2.26. The molecule has 0 bridgehead atoms. The molecule has 1 aromatic rings. The summed E-state index contributed by atoms with van der Waals surface area (Å²) in [5.74, 6) is 1.68. The molecule has 0 amide bonds. The average Bonchev–Trinajstić information content (AvgIpc) is 2.91. The summed E-state index contributed by atoms with van der Waals surface area (Å²) < 4.78 is 5.63. The van der Waals surface area contributed by atoms with Gasteiger partial charge in [0.2, 0.25) is 0 Å². The predicted molar refractivity (Wildman–Crippen MR) is 86.6 cm³/mol. The van der Waals surface area contributed by atoms with Gasteiger partial charge in [-0.2, -0.15) is 0 Å². The van der Waals surface area contributed by atoms with Crippen LogP contribution in [0.5, 0.6) is 5.75 Å². The van der Waals surface area contributed by atoms with Crippen molar-refractivity contribution < 1.29 is 9.84 Å². The number of rotatable bonds is 7. The molecule has 1 aliphatic rings. The Labute approximate surface area is 128 Å². The molecule has 1 aliphatic carbocycles. The minimum Gasteiger partial charge on any atom is -0.491 e. The van der Waals surface area contributed by atoms with Crippen LogP contribution in [-0.4, -0.2) is 36.2 Å². The van der Waals surface area contributed by atoms with Crippen molar-refractivity contribution >= 4 is 0 Å². The van der Waals surface area contributed by atoms with Gasteiger partial charge >= 0.3 is 0 Å². The molecule has 118 valence electrons. The maximum Gasteiger partial charge on any atom is 0.119 e. The topological polar surface area (TPSA) is 32.7 Å². The van der Waals surface area contributed by atoms with E-state index in [4.69, 9.17) is 4.74 Å². The van der Waals surface area contributed by atoms with E-state index < -0.39 is 6.10 Å².